The number of ether oxygens (including phenoxy) is 7. The van der Waals surface area contributed by atoms with E-state index in [1.54, 1.807) is 0 Å². The number of carbonyl (C=O) groups excluding carboxylic acids is 1. The Hall–Kier alpha value is -0.0356. The van der Waals surface area contributed by atoms with Crippen molar-refractivity contribution in [2.24, 2.45) is 5.92 Å². The fourth-order valence-electron chi connectivity index (χ4n) is 12.4. The average molecular weight is 1470 g/mol. The highest BCUT2D eigenvalue weighted by Crippen LogP contribution is 2.49. The van der Waals surface area contributed by atoms with Gasteiger partial charge >= 0.3 is 0 Å². The molecule has 0 bridgehead atoms. The Labute approximate surface area is 574 Å². The lowest BCUT2D eigenvalue weighted by Gasteiger charge is -2.56. The summed E-state index contributed by atoms with van der Waals surface area (Å²) in [7, 11) is -11.7. The number of ketones is 1. The number of carbonyl (C=O) groups is 1. The third kappa shape index (κ3) is 21.3. The molecule has 0 radical (unpaired) electrons. The standard InChI is InChI=1S/C72H133IO13Si5/c1-48-40-53(30-33-58-49(2)41-54(78-58)32-35-63-75-38-29-39-76-63)79-61(50(48)3)46-62-51(43-56(80-62)45-57(83-88(21,22)69(7,8)9)47-77-87(19,20)68(4,5)6)42-52(74)44-55-31-34-59-64(81-55)66(85-90(25,26)71(13,14)15)67(86-91(27,28)72(16,17)18)65(82-59)60(36-37-73)84-89(23,24)70(10,11)12/h36-37,51,53-67H,1-3,29-35,38-47H2,4-28H3/b37-36+/t51-,53+,54+,55-,56+,57?,58+,59+,60?,61-,62+,64-,65?,66?,67?/m1/s1. The third-order valence-electron chi connectivity index (χ3n) is 23.5. The molecule has 6 fully saturated rings. The number of hydrogen-bond donors (Lipinski definition) is 0. The third-order valence-corrected chi connectivity index (χ3v) is 46.4. The molecule has 6 rings (SSSR count). The van der Waals surface area contributed by atoms with E-state index in [0.29, 0.717) is 38.7 Å². The normalized spacial score (nSPS) is 31.0. The second kappa shape index (κ2) is 31.2. The minimum absolute atomic E-state index is 0.00193. The molecule has 526 valence electrons. The van der Waals surface area contributed by atoms with Crippen molar-refractivity contribution in [3.63, 3.8) is 0 Å². The quantitative estimate of drug-likeness (QED) is 0.0440. The van der Waals surface area contributed by atoms with Crippen molar-refractivity contribution in [3.05, 3.63) is 46.6 Å². The lowest BCUT2D eigenvalue weighted by molar-refractivity contribution is -0.266. The molecule has 6 saturated heterocycles. The summed E-state index contributed by atoms with van der Waals surface area (Å²) in [5.74, 6) is 0.114. The molecule has 5 unspecified atom stereocenters. The predicted octanol–water partition coefficient (Wildman–Crippen LogP) is 19.0. The maximum Gasteiger partial charge on any atom is 0.193 e. The Balaban J connectivity index is 1.27. The molecular formula is C72H133IO13Si5. The van der Waals surface area contributed by atoms with E-state index in [0.717, 1.165) is 81.3 Å². The van der Waals surface area contributed by atoms with Gasteiger partial charge in [-0.1, -0.05) is 146 Å². The van der Waals surface area contributed by atoms with Crippen LogP contribution in [0.15, 0.2) is 46.6 Å². The molecule has 0 amide bonds. The van der Waals surface area contributed by atoms with Crippen LogP contribution in [0.4, 0.5) is 0 Å². The molecule has 91 heavy (non-hydrogen) atoms. The topological polar surface area (TPSA) is 128 Å². The van der Waals surface area contributed by atoms with Gasteiger partial charge in [0, 0.05) is 32.1 Å². The van der Waals surface area contributed by atoms with Crippen molar-refractivity contribution >= 4 is 70.0 Å². The molecule has 13 nitrogen and oxygen atoms in total. The zero-order chi connectivity index (χ0) is 68.5. The summed E-state index contributed by atoms with van der Waals surface area (Å²) in [6, 6.07) is 0. The zero-order valence-electron chi connectivity index (χ0n) is 62.2. The van der Waals surface area contributed by atoms with Crippen molar-refractivity contribution < 1.29 is 60.1 Å². The first-order valence-electron chi connectivity index (χ1n) is 35.2. The summed E-state index contributed by atoms with van der Waals surface area (Å²) in [4.78, 5) is 15.2. The first-order valence-corrected chi connectivity index (χ1v) is 51.0. The van der Waals surface area contributed by atoms with E-state index in [2.05, 4.69) is 222 Å². The molecule has 0 saturated carbocycles. The number of rotatable bonds is 27. The molecule has 0 N–H and O–H groups in total. The molecule has 0 spiro atoms. The van der Waals surface area contributed by atoms with E-state index in [9.17, 15) is 0 Å². The van der Waals surface area contributed by atoms with Crippen LogP contribution in [0.3, 0.4) is 0 Å². The fourth-order valence-corrected chi connectivity index (χ4v) is 19.0. The Kier molecular flexibility index (Phi) is 27.4. The Bertz CT molecular complexity index is 2440. The first kappa shape index (κ1) is 79.9. The van der Waals surface area contributed by atoms with Gasteiger partial charge in [-0.05, 0) is 181 Å². The van der Waals surface area contributed by atoms with Crippen molar-refractivity contribution in [1.29, 1.82) is 0 Å². The van der Waals surface area contributed by atoms with E-state index in [4.69, 9.17) is 55.3 Å². The zero-order valence-corrected chi connectivity index (χ0v) is 69.4. The van der Waals surface area contributed by atoms with E-state index in [-0.39, 0.29) is 111 Å². The Morgan fingerprint density at radius 3 is 1.70 bits per heavy atom. The molecule has 6 aliphatic heterocycles. The summed E-state index contributed by atoms with van der Waals surface area (Å²) in [6.07, 6.45) is 8.27. The Morgan fingerprint density at radius 1 is 0.593 bits per heavy atom. The van der Waals surface area contributed by atoms with E-state index in [1.165, 1.54) is 0 Å². The number of hydrogen-bond acceptors (Lipinski definition) is 13. The van der Waals surface area contributed by atoms with Crippen LogP contribution >= 0.6 is 22.6 Å². The van der Waals surface area contributed by atoms with Gasteiger partial charge in [0.15, 0.2) is 47.9 Å². The predicted molar refractivity (Wildman–Crippen MR) is 394 cm³/mol. The second-order valence-corrected chi connectivity index (χ2v) is 60.5. The minimum atomic E-state index is -2.48. The first-order chi connectivity index (χ1) is 41.5. The van der Waals surface area contributed by atoms with E-state index >= 15 is 4.79 Å². The molecule has 15 atom stereocenters. The SMILES string of the molecule is C=C1C[C@H](CC[C@@H]2O[C@@H](CCC3OCCCO3)CC2=C)O[C@H](C[C@@H]2O[C@H](CC(CO[Si](C)(C)C(C)(C)C)O[Si](C)(C)C(C)(C)C)C[C@H]2CC(=O)C[C@H]2CC[C@@H]3OC(C(/C=C/I)O[Si](C)(C)C(C)(C)C)C(O[Si](C)(C)C(C)(C)C)C(O[Si](C)(C)C(C)(C)C)[C@@H]3O2)C1=C. The minimum Gasteiger partial charge on any atom is -0.414 e. The van der Waals surface area contributed by atoms with Gasteiger partial charge in [0.25, 0.3) is 0 Å². The van der Waals surface area contributed by atoms with Gasteiger partial charge in [0.05, 0.1) is 80.9 Å². The van der Waals surface area contributed by atoms with Crippen LogP contribution in [0.5, 0.6) is 0 Å². The largest absolute Gasteiger partial charge is 0.414 e. The van der Waals surface area contributed by atoms with Crippen LogP contribution in [-0.4, -0.2) is 159 Å². The highest BCUT2D eigenvalue weighted by atomic mass is 127. The molecular weight excluding hydrogens is 1340 g/mol. The fraction of sp³-hybridized carbons (Fsp3) is 0.875. The smallest absolute Gasteiger partial charge is 0.193 e. The van der Waals surface area contributed by atoms with Crippen LogP contribution in [0.25, 0.3) is 0 Å². The van der Waals surface area contributed by atoms with Crippen LogP contribution in [0, 0.1) is 5.92 Å². The monoisotopic (exact) mass is 1470 g/mol. The lowest BCUT2D eigenvalue weighted by Crippen LogP contribution is -2.69. The van der Waals surface area contributed by atoms with Crippen molar-refractivity contribution in [3.8, 4) is 0 Å². The Morgan fingerprint density at radius 2 is 1.13 bits per heavy atom. The second-order valence-electron chi connectivity index (χ2n) is 35.9. The maximum atomic E-state index is 15.2. The summed E-state index contributed by atoms with van der Waals surface area (Å²) in [5.41, 5.74) is 3.08. The molecule has 6 heterocycles. The highest BCUT2D eigenvalue weighted by molar-refractivity contribution is 14.1. The van der Waals surface area contributed by atoms with Gasteiger partial charge < -0.3 is 55.3 Å². The summed E-state index contributed by atoms with van der Waals surface area (Å²) >= 11 is 2.33. The lowest BCUT2D eigenvalue weighted by atomic mass is 9.84. The molecule has 0 aromatic rings. The summed E-state index contributed by atoms with van der Waals surface area (Å²) in [5, 5.41) is -0.173. The molecule has 0 aliphatic carbocycles. The van der Waals surface area contributed by atoms with E-state index in [1.807, 2.05) is 0 Å². The molecule has 6 aliphatic rings. The van der Waals surface area contributed by atoms with Crippen molar-refractivity contribution in [2.75, 3.05) is 19.8 Å². The maximum absolute atomic E-state index is 15.2. The number of Topliss-reactive ketones (excluding diaryl/α,β-unsaturated/α-hetero) is 1. The van der Waals surface area contributed by atoms with Crippen molar-refractivity contribution in [1.82, 2.24) is 0 Å². The van der Waals surface area contributed by atoms with Crippen LogP contribution in [0.2, 0.25) is 90.7 Å². The highest BCUT2D eigenvalue weighted by Gasteiger charge is 2.58. The molecule has 19 heteroatoms. The van der Waals surface area contributed by atoms with Crippen LogP contribution in [-0.2, 0) is 60.1 Å². The van der Waals surface area contributed by atoms with Gasteiger partial charge in [-0.3, -0.25) is 4.79 Å². The van der Waals surface area contributed by atoms with Crippen LogP contribution < -0.4 is 0 Å². The summed E-state index contributed by atoms with van der Waals surface area (Å²) in [6.45, 7) is 73.4. The van der Waals surface area contributed by atoms with Gasteiger partial charge in [-0.2, -0.15) is 0 Å². The van der Waals surface area contributed by atoms with Gasteiger partial charge in [0.2, 0.25) is 0 Å². The van der Waals surface area contributed by atoms with Gasteiger partial charge in [-0.25, -0.2) is 0 Å². The average Bonchev–Trinajstić information content (AvgIpc) is 1.32. The molecule has 0 aromatic carbocycles. The summed E-state index contributed by atoms with van der Waals surface area (Å²) < 4.78 is 86.8. The molecule has 0 aromatic heterocycles. The van der Waals surface area contributed by atoms with E-state index < -0.39 is 66.0 Å². The number of fused-ring (bicyclic) bond motifs is 1. The van der Waals surface area contributed by atoms with Crippen molar-refractivity contribution in [2.45, 2.75) is 376 Å². The van der Waals surface area contributed by atoms with Gasteiger partial charge in [-0.15, -0.1) is 0 Å². The number of halogens is 1. The van der Waals surface area contributed by atoms with Crippen LogP contribution in [0.1, 0.15) is 194 Å². The van der Waals surface area contributed by atoms with Gasteiger partial charge in [0.1, 0.15) is 30.2 Å².